The van der Waals surface area contributed by atoms with Crippen LogP contribution < -0.4 is 0 Å². The number of rotatable bonds is 4. The lowest BCUT2D eigenvalue weighted by Gasteiger charge is -2.31. The van der Waals surface area contributed by atoms with E-state index in [1.807, 2.05) is 11.0 Å². The van der Waals surface area contributed by atoms with Crippen LogP contribution in [0.1, 0.15) is 40.5 Å². The lowest BCUT2D eigenvalue weighted by Crippen LogP contribution is -2.39. The summed E-state index contributed by atoms with van der Waals surface area (Å²) < 4.78 is 0. The minimum absolute atomic E-state index is 0.0311. The number of aliphatic hydroxyl groups is 1. The molecule has 0 radical (unpaired) electrons. The number of amides is 1. The summed E-state index contributed by atoms with van der Waals surface area (Å²) in [6.07, 6.45) is 7.05. The average Bonchev–Trinajstić information content (AvgIpc) is 3.04. The number of hydrogen-bond donors (Lipinski definition) is 2. The molecule has 116 valence electrons. The zero-order valence-electron chi connectivity index (χ0n) is 12.3. The Kier molecular flexibility index (Phi) is 4.43. The van der Waals surface area contributed by atoms with Crippen molar-refractivity contribution in [2.45, 2.75) is 25.2 Å². The topological polar surface area (TPSA) is 95.0 Å². The Morgan fingerprint density at radius 3 is 3.00 bits per heavy atom. The second-order valence-corrected chi connectivity index (χ2v) is 5.51. The van der Waals surface area contributed by atoms with Crippen LogP contribution in [0.4, 0.5) is 0 Å². The van der Waals surface area contributed by atoms with E-state index < -0.39 is 0 Å². The third-order valence-electron chi connectivity index (χ3n) is 3.97. The Hall–Kier alpha value is -2.28. The predicted molar refractivity (Wildman–Crippen MR) is 79.3 cm³/mol. The van der Waals surface area contributed by atoms with Gasteiger partial charge >= 0.3 is 0 Å². The van der Waals surface area contributed by atoms with E-state index in [2.05, 4.69) is 20.2 Å². The van der Waals surface area contributed by atoms with Crippen molar-refractivity contribution in [1.82, 2.24) is 25.1 Å². The Morgan fingerprint density at radius 2 is 2.23 bits per heavy atom. The van der Waals surface area contributed by atoms with Crippen molar-refractivity contribution in [3.8, 4) is 0 Å². The standard InChI is InChI=1S/C15H19N5O2/c21-5-3-13-6-14(19-18-13)11-2-1-4-20(9-11)15(22)12-7-16-10-17-8-12/h6-8,10-11,21H,1-5,9H2,(H,18,19). The van der Waals surface area contributed by atoms with Gasteiger partial charge in [-0.15, -0.1) is 0 Å². The summed E-state index contributed by atoms with van der Waals surface area (Å²) in [6.45, 7) is 1.50. The first kappa shape index (κ1) is 14.6. The van der Waals surface area contributed by atoms with Crippen molar-refractivity contribution >= 4 is 5.91 Å². The zero-order chi connectivity index (χ0) is 15.4. The van der Waals surface area contributed by atoms with Crippen LogP contribution in [0.3, 0.4) is 0 Å². The van der Waals surface area contributed by atoms with E-state index in [4.69, 9.17) is 5.11 Å². The molecule has 2 aromatic rings. The highest BCUT2D eigenvalue weighted by Crippen LogP contribution is 2.26. The van der Waals surface area contributed by atoms with E-state index in [0.717, 1.165) is 30.8 Å². The van der Waals surface area contributed by atoms with Crippen LogP contribution in [0.15, 0.2) is 24.8 Å². The van der Waals surface area contributed by atoms with Gasteiger partial charge in [0.1, 0.15) is 6.33 Å². The zero-order valence-corrected chi connectivity index (χ0v) is 12.3. The molecular formula is C15H19N5O2. The summed E-state index contributed by atoms with van der Waals surface area (Å²) in [6, 6.07) is 1.99. The molecular weight excluding hydrogens is 282 g/mol. The van der Waals surface area contributed by atoms with Gasteiger partial charge in [0, 0.05) is 50.1 Å². The molecule has 1 aliphatic heterocycles. The number of aromatic nitrogens is 4. The molecule has 1 atom stereocenters. The van der Waals surface area contributed by atoms with Crippen molar-refractivity contribution in [2.75, 3.05) is 19.7 Å². The van der Waals surface area contributed by atoms with E-state index in [1.165, 1.54) is 6.33 Å². The number of hydrogen-bond acceptors (Lipinski definition) is 5. The van der Waals surface area contributed by atoms with Gasteiger partial charge in [-0.1, -0.05) is 0 Å². The van der Waals surface area contributed by atoms with Gasteiger partial charge in [-0.05, 0) is 18.9 Å². The molecule has 0 bridgehead atoms. The molecule has 7 heteroatoms. The van der Waals surface area contributed by atoms with Crippen LogP contribution in [0.2, 0.25) is 0 Å². The number of carbonyl (C=O) groups is 1. The number of likely N-dealkylation sites (tertiary alicyclic amines) is 1. The fourth-order valence-corrected chi connectivity index (χ4v) is 2.83. The van der Waals surface area contributed by atoms with Crippen LogP contribution in [0.25, 0.3) is 0 Å². The van der Waals surface area contributed by atoms with Crippen molar-refractivity contribution < 1.29 is 9.90 Å². The summed E-state index contributed by atoms with van der Waals surface area (Å²) in [4.78, 5) is 22.1. The van der Waals surface area contributed by atoms with E-state index in [-0.39, 0.29) is 18.4 Å². The van der Waals surface area contributed by atoms with E-state index in [0.29, 0.717) is 18.5 Å². The van der Waals surface area contributed by atoms with E-state index >= 15 is 0 Å². The molecule has 1 aliphatic rings. The van der Waals surface area contributed by atoms with E-state index in [9.17, 15) is 4.79 Å². The van der Waals surface area contributed by atoms with Gasteiger partial charge in [-0.2, -0.15) is 5.10 Å². The number of H-pyrrole nitrogens is 1. The number of carbonyl (C=O) groups excluding carboxylic acids is 1. The number of aliphatic hydroxyl groups excluding tert-OH is 1. The molecule has 1 fully saturated rings. The molecule has 1 saturated heterocycles. The molecule has 0 aromatic carbocycles. The Balaban J connectivity index is 1.69. The van der Waals surface area contributed by atoms with Gasteiger partial charge in [0.05, 0.1) is 11.3 Å². The summed E-state index contributed by atoms with van der Waals surface area (Å²) in [5.41, 5.74) is 2.41. The van der Waals surface area contributed by atoms with Crippen molar-refractivity contribution in [2.24, 2.45) is 0 Å². The number of aromatic amines is 1. The molecule has 0 spiro atoms. The molecule has 7 nitrogen and oxygen atoms in total. The van der Waals surface area contributed by atoms with Crippen molar-refractivity contribution in [1.29, 1.82) is 0 Å². The van der Waals surface area contributed by atoms with Gasteiger partial charge in [0.2, 0.25) is 0 Å². The molecule has 1 unspecified atom stereocenters. The van der Waals surface area contributed by atoms with Crippen LogP contribution in [-0.2, 0) is 6.42 Å². The molecule has 2 aromatic heterocycles. The highest BCUT2D eigenvalue weighted by atomic mass is 16.3. The van der Waals surface area contributed by atoms with Gasteiger partial charge in [0.15, 0.2) is 0 Å². The molecule has 0 saturated carbocycles. The molecule has 0 aliphatic carbocycles. The molecule has 2 N–H and O–H groups in total. The quantitative estimate of drug-likeness (QED) is 0.869. The largest absolute Gasteiger partial charge is 0.396 e. The fourth-order valence-electron chi connectivity index (χ4n) is 2.83. The Morgan fingerprint density at radius 1 is 1.41 bits per heavy atom. The third-order valence-corrected chi connectivity index (χ3v) is 3.97. The van der Waals surface area contributed by atoms with Gasteiger partial charge in [-0.3, -0.25) is 9.89 Å². The fraction of sp³-hybridized carbons (Fsp3) is 0.467. The maximum absolute atomic E-state index is 12.5. The first-order chi connectivity index (χ1) is 10.8. The minimum atomic E-state index is -0.0311. The smallest absolute Gasteiger partial charge is 0.257 e. The molecule has 3 heterocycles. The summed E-state index contributed by atoms with van der Waals surface area (Å²) in [5.74, 6) is 0.197. The summed E-state index contributed by atoms with van der Waals surface area (Å²) >= 11 is 0. The van der Waals surface area contributed by atoms with Crippen LogP contribution in [0, 0.1) is 0 Å². The van der Waals surface area contributed by atoms with Gasteiger partial charge in [-0.25, -0.2) is 9.97 Å². The first-order valence-electron chi connectivity index (χ1n) is 7.47. The number of nitrogens with zero attached hydrogens (tertiary/aromatic N) is 4. The predicted octanol–water partition coefficient (Wildman–Crippen LogP) is 0.754. The lowest BCUT2D eigenvalue weighted by molar-refractivity contribution is 0.0705. The average molecular weight is 301 g/mol. The van der Waals surface area contributed by atoms with Crippen LogP contribution >= 0.6 is 0 Å². The molecule has 1 amide bonds. The molecule has 3 rings (SSSR count). The lowest BCUT2D eigenvalue weighted by atomic mass is 9.94. The number of nitrogens with one attached hydrogen (secondary N) is 1. The highest BCUT2D eigenvalue weighted by Gasteiger charge is 2.27. The summed E-state index contributed by atoms with van der Waals surface area (Å²) in [7, 11) is 0. The Labute approximate surface area is 128 Å². The van der Waals surface area contributed by atoms with Gasteiger partial charge < -0.3 is 10.0 Å². The van der Waals surface area contributed by atoms with E-state index in [1.54, 1.807) is 12.4 Å². The first-order valence-corrected chi connectivity index (χ1v) is 7.47. The Bertz CT molecular complexity index is 628. The minimum Gasteiger partial charge on any atom is -0.396 e. The van der Waals surface area contributed by atoms with Gasteiger partial charge in [0.25, 0.3) is 5.91 Å². The maximum Gasteiger partial charge on any atom is 0.257 e. The monoisotopic (exact) mass is 301 g/mol. The SMILES string of the molecule is O=C(c1cncnc1)N1CCCC(c2cc(CCO)[nH]n2)C1. The third kappa shape index (κ3) is 3.14. The summed E-state index contributed by atoms with van der Waals surface area (Å²) in [5, 5.41) is 16.2. The second kappa shape index (κ2) is 6.65. The highest BCUT2D eigenvalue weighted by molar-refractivity contribution is 5.93. The van der Waals surface area contributed by atoms with Crippen LogP contribution in [0.5, 0.6) is 0 Å². The maximum atomic E-state index is 12.5. The van der Waals surface area contributed by atoms with Crippen molar-refractivity contribution in [3.05, 3.63) is 41.7 Å². The van der Waals surface area contributed by atoms with Crippen LogP contribution in [-0.4, -0.2) is 55.8 Å². The number of piperidine rings is 1. The normalized spacial score (nSPS) is 18.4. The second-order valence-electron chi connectivity index (χ2n) is 5.51. The molecule has 22 heavy (non-hydrogen) atoms. The van der Waals surface area contributed by atoms with Crippen molar-refractivity contribution in [3.63, 3.8) is 0 Å².